The van der Waals surface area contributed by atoms with E-state index >= 15 is 0 Å². The molecule has 0 bridgehead atoms. The number of hydrogen-bond donors (Lipinski definition) is 1. The maximum absolute atomic E-state index is 5.93. The van der Waals surface area contributed by atoms with Gasteiger partial charge in [0.25, 0.3) is 0 Å². The summed E-state index contributed by atoms with van der Waals surface area (Å²) in [6, 6.07) is 4.26. The predicted octanol–water partition coefficient (Wildman–Crippen LogP) is 3.65. The Kier molecular flexibility index (Phi) is 6.11. The third kappa shape index (κ3) is 4.95. The minimum Gasteiger partial charge on any atom is -0.463 e. The maximum Gasteiger partial charge on any atom is 0.118 e. The minimum atomic E-state index is 0.684. The maximum atomic E-state index is 5.93. The fourth-order valence-electron chi connectivity index (χ4n) is 2.93. The first-order chi connectivity index (χ1) is 9.67. The van der Waals surface area contributed by atoms with E-state index in [1.54, 1.807) is 0 Å². The Morgan fingerprint density at radius 2 is 2.15 bits per heavy atom. The molecule has 1 aliphatic rings. The summed E-state index contributed by atoms with van der Waals surface area (Å²) in [7, 11) is 0. The molecule has 1 aromatic rings. The summed E-state index contributed by atoms with van der Waals surface area (Å²) in [6.45, 7) is 12.1. The molecule has 1 saturated heterocycles. The molecule has 1 fully saturated rings. The van der Waals surface area contributed by atoms with Crippen molar-refractivity contribution in [3.05, 3.63) is 23.7 Å². The van der Waals surface area contributed by atoms with Gasteiger partial charge in [-0.05, 0) is 49.9 Å². The van der Waals surface area contributed by atoms with Crippen LogP contribution in [0.2, 0.25) is 0 Å². The van der Waals surface area contributed by atoms with Crippen molar-refractivity contribution in [1.29, 1.82) is 0 Å². The van der Waals surface area contributed by atoms with Crippen LogP contribution in [0.25, 0.3) is 0 Å². The highest BCUT2D eigenvalue weighted by Gasteiger charge is 2.19. The highest BCUT2D eigenvalue weighted by Crippen LogP contribution is 2.21. The van der Waals surface area contributed by atoms with Crippen molar-refractivity contribution in [2.45, 2.75) is 53.1 Å². The van der Waals surface area contributed by atoms with Gasteiger partial charge < -0.3 is 9.73 Å². The lowest BCUT2D eigenvalue weighted by molar-refractivity contribution is 0.153. The van der Waals surface area contributed by atoms with Gasteiger partial charge in [-0.25, -0.2) is 0 Å². The van der Waals surface area contributed by atoms with Gasteiger partial charge in [0.2, 0.25) is 0 Å². The topological polar surface area (TPSA) is 28.4 Å². The van der Waals surface area contributed by atoms with E-state index in [1.165, 1.54) is 32.4 Å². The summed E-state index contributed by atoms with van der Waals surface area (Å²) in [5, 5.41) is 3.43. The van der Waals surface area contributed by atoms with Crippen LogP contribution >= 0.6 is 0 Å². The summed E-state index contributed by atoms with van der Waals surface area (Å²) in [5.41, 5.74) is 0. The third-order valence-electron chi connectivity index (χ3n) is 4.13. The normalized spacial score (nSPS) is 20.7. The molecule has 0 spiro atoms. The van der Waals surface area contributed by atoms with Gasteiger partial charge in [-0.3, -0.25) is 4.90 Å². The van der Waals surface area contributed by atoms with Crippen molar-refractivity contribution < 1.29 is 4.42 Å². The zero-order chi connectivity index (χ0) is 14.4. The summed E-state index contributed by atoms with van der Waals surface area (Å²) in [4.78, 5) is 2.54. The molecule has 1 atom stereocenters. The van der Waals surface area contributed by atoms with Crippen molar-refractivity contribution in [3.63, 3.8) is 0 Å². The van der Waals surface area contributed by atoms with Crippen molar-refractivity contribution in [3.8, 4) is 0 Å². The second-order valence-electron chi connectivity index (χ2n) is 6.54. The van der Waals surface area contributed by atoms with E-state index in [9.17, 15) is 0 Å². The molecular weight excluding hydrogens is 248 g/mol. The number of piperidine rings is 1. The fourth-order valence-corrected chi connectivity index (χ4v) is 2.93. The number of furan rings is 1. The average molecular weight is 278 g/mol. The Labute approximate surface area is 123 Å². The summed E-state index contributed by atoms with van der Waals surface area (Å²) >= 11 is 0. The van der Waals surface area contributed by atoms with Crippen LogP contribution in [0.3, 0.4) is 0 Å². The van der Waals surface area contributed by atoms with Crippen LogP contribution in [-0.2, 0) is 13.1 Å². The molecule has 0 aromatic carbocycles. The number of hydrogen-bond acceptors (Lipinski definition) is 3. The van der Waals surface area contributed by atoms with Crippen molar-refractivity contribution >= 4 is 0 Å². The van der Waals surface area contributed by atoms with Crippen molar-refractivity contribution in [2.24, 2.45) is 11.8 Å². The third-order valence-corrected chi connectivity index (χ3v) is 4.13. The van der Waals surface area contributed by atoms with Gasteiger partial charge >= 0.3 is 0 Å². The van der Waals surface area contributed by atoms with Crippen molar-refractivity contribution in [1.82, 2.24) is 10.2 Å². The van der Waals surface area contributed by atoms with E-state index in [4.69, 9.17) is 4.42 Å². The van der Waals surface area contributed by atoms with Gasteiger partial charge in [-0.2, -0.15) is 0 Å². The van der Waals surface area contributed by atoms with Gasteiger partial charge in [-0.1, -0.05) is 27.2 Å². The van der Waals surface area contributed by atoms with Crippen LogP contribution in [0.15, 0.2) is 16.5 Å². The Hall–Kier alpha value is -0.800. The van der Waals surface area contributed by atoms with Crippen LogP contribution < -0.4 is 5.32 Å². The monoisotopic (exact) mass is 278 g/mol. The minimum absolute atomic E-state index is 0.684. The molecule has 2 rings (SSSR count). The van der Waals surface area contributed by atoms with Crippen LogP contribution in [0.4, 0.5) is 0 Å². The Morgan fingerprint density at radius 3 is 2.90 bits per heavy atom. The molecular formula is C17H30N2O. The number of rotatable bonds is 7. The largest absolute Gasteiger partial charge is 0.463 e. The fraction of sp³-hybridized carbons (Fsp3) is 0.765. The van der Waals surface area contributed by atoms with Crippen LogP contribution in [0.1, 0.15) is 51.6 Å². The quantitative estimate of drug-likeness (QED) is 0.825. The Morgan fingerprint density at radius 1 is 1.35 bits per heavy atom. The first-order valence-corrected chi connectivity index (χ1v) is 8.18. The zero-order valence-electron chi connectivity index (χ0n) is 13.3. The highest BCUT2D eigenvalue weighted by molar-refractivity contribution is 5.07. The second-order valence-corrected chi connectivity index (χ2v) is 6.54. The van der Waals surface area contributed by atoms with E-state index in [2.05, 4.69) is 43.1 Å². The van der Waals surface area contributed by atoms with Crippen molar-refractivity contribution in [2.75, 3.05) is 19.6 Å². The Balaban J connectivity index is 1.77. The average Bonchev–Trinajstić information content (AvgIpc) is 2.86. The summed E-state index contributed by atoms with van der Waals surface area (Å²) in [5.74, 6) is 3.74. The SMILES string of the molecule is CCC1CCCN(Cc2ccc(CNCC(C)C)o2)C1. The van der Waals surface area contributed by atoms with E-state index in [0.29, 0.717) is 5.92 Å². The highest BCUT2D eigenvalue weighted by atomic mass is 16.3. The molecule has 114 valence electrons. The zero-order valence-corrected chi connectivity index (χ0v) is 13.3. The lowest BCUT2D eigenvalue weighted by atomic mass is 9.96. The predicted molar refractivity (Wildman–Crippen MR) is 83.5 cm³/mol. The first kappa shape index (κ1) is 15.6. The number of likely N-dealkylation sites (tertiary alicyclic amines) is 1. The molecule has 0 radical (unpaired) electrons. The standard InChI is InChI=1S/C17H30N2O/c1-4-15-6-5-9-19(12-15)13-17-8-7-16(20-17)11-18-10-14(2)3/h7-8,14-15,18H,4-6,9-13H2,1-3H3. The number of nitrogens with zero attached hydrogens (tertiary/aromatic N) is 1. The number of nitrogens with one attached hydrogen (secondary N) is 1. The molecule has 0 saturated carbocycles. The van der Waals surface area contributed by atoms with Crippen LogP contribution in [0.5, 0.6) is 0 Å². The molecule has 0 aliphatic carbocycles. The molecule has 3 nitrogen and oxygen atoms in total. The van der Waals surface area contributed by atoms with Gasteiger partial charge in [0, 0.05) is 6.54 Å². The van der Waals surface area contributed by atoms with Crippen LogP contribution in [0, 0.1) is 11.8 Å². The second kappa shape index (κ2) is 7.84. The molecule has 3 heteroatoms. The molecule has 20 heavy (non-hydrogen) atoms. The van der Waals surface area contributed by atoms with E-state index in [1.807, 2.05) is 0 Å². The molecule has 0 amide bonds. The van der Waals surface area contributed by atoms with E-state index < -0.39 is 0 Å². The van der Waals surface area contributed by atoms with E-state index in [0.717, 1.165) is 37.1 Å². The molecule has 1 aromatic heterocycles. The summed E-state index contributed by atoms with van der Waals surface area (Å²) in [6.07, 6.45) is 4.04. The lowest BCUT2D eigenvalue weighted by Crippen LogP contribution is -2.34. The van der Waals surface area contributed by atoms with Gasteiger partial charge in [0.05, 0.1) is 13.1 Å². The van der Waals surface area contributed by atoms with Crippen LogP contribution in [-0.4, -0.2) is 24.5 Å². The summed E-state index contributed by atoms with van der Waals surface area (Å²) < 4.78 is 5.93. The molecule has 2 heterocycles. The Bertz CT molecular complexity index is 386. The molecule has 1 aliphatic heterocycles. The van der Waals surface area contributed by atoms with Gasteiger partial charge in [0.1, 0.15) is 11.5 Å². The molecule has 1 N–H and O–H groups in total. The molecule has 1 unspecified atom stereocenters. The first-order valence-electron chi connectivity index (χ1n) is 8.18. The lowest BCUT2D eigenvalue weighted by Gasteiger charge is -2.31. The smallest absolute Gasteiger partial charge is 0.118 e. The van der Waals surface area contributed by atoms with E-state index in [-0.39, 0.29) is 0 Å². The van der Waals surface area contributed by atoms with Gasteiger partial charge in [0.15, 0.2) is 0 Å². The van der Waals surface area contributed by atoms with Gasteiger partial charge in [-0.15, -0.1) is 0 Å².